The summed E-state index contributed by atoms with van der Waals surface area (Å²) in [4.78, 5) is 13.3. The van der Waals surface area contributed by atoms with Gasteiger partial charge >= 0.3 is 0 Å². The normalized spacial score (nSPS) is 10.7. The lowest BCUT2D eigenvalue weighted by Crippen LogP contribution is -2.37. The molecule has 0 aliphatic rings. The van der Waals surface area contributed by atoms with Crippen LogP contribution in [0.5, 0.6) is 0 Å². The zero-order valence-electron chi connectivity index (χ0n) is 9.81. The van der Waals surface area contributed by atoms with E-state index in [9.17, 15) is 4.79 Å². The van der Waals surface area contributed by atoms with Crippen LogP contribution in [0, 0.1) is 0 Å². The maximum Gasteiger partial charge on any atom is 0.233 e. The molecule has 3 N–H and O–H groups in total. The van der Waals surface area contributed by atoms with Crippen LogP contribution in [-0.2, 0) is 11.3 Å². The van der Waals surface area contributed by atoms with Gasteiger partial charge in [-0.25, -0.2) is 0 Å². The van der Waals surface area contributed by atoms with Gasteiger partial charge in [0.2, 0.25) is 5.91 Å². The first-order valence-corrected chi connectivity index (χ1v) is 5.37. The van der Waals surface area contributed by atoms with E-state index in [2.05, 4.69) is 15.3 Å². The van der Waals surface area contributed by atoms with Crippen molar-refractivity contribution in [3.05, 3.63) is 12.3 Å². The molecule has 0 atom stereocenters. The molecule has 1 heterocycles. The molecule has 0 aliphatic carbocycles. The minimum atomic E-state index is 0.0295. The summed E-state index contributed by atoms with van der Waals surface area (Å²) >= 11 is 0. The Morgan fingerprint density at radius 1 is 1.69 bits per heavy atom. The first-order chi connectivity index (χ1) is 7.65. The molecule has 1 aromatic heterocycles. The van der Waals surface area contributed by atoms with Gasteiger partial charge in [0.25, 0.3) is 0 Å². The summed E-state index contributed by atoms with van der Waals surface area (Å²) in [5.41, 5.74) is 5.51. The number of nitrogens with two attached hydrogens (primary N) is 1. The number of amides is 1. The average Bonchev–Trinajstić information content (AvgIpc) is 2.69. The van der Waals surface area contributed by atoms with Crippen LogP contribution in [0.4, 0.5) is 5.82 Å². The number of nitrogens with zero attached hydrogens (tertiary/aromatic N) is 3. The first-order valence-electron chi connectivity index (χ1n) is 5.37. The predicted molar refractivity (Wildman–Crippen MR) is 62.8 cm³/mol. The van der Waals surface area contributed by atoms with Gasteiger partial charge in [-0.15, -0.1) is 0 Å². The summed E-state index contributed by atoms with van der Waals surface area (Å²) in [6.07, 6.45) is 1.84. The van der Waals surface area contributed by atoms with E-state index in [4.69, 9.17) is 5.73 Å². The van der Waals surface area contributed by atoms with Crippen molar-refractivity contribution in [1.29, 1.82) is 0 Å². The summed E-state index contributed by atoms with van der Waals surface area (Å²) in [5, 5.41) is 6.69. The van der Waals surface area contributed by atoms with E-state index in [1.54, 1.807) is 17.8 Å². The Labute approximate surface area is 95.4 Å². The highest BCUT2D eigenvalue weighted by molar-refractivity contribution is 5.77. The lowest BCUT2D eigenvalue weighted by atomic mass is 10.4. The average molecular weight is 225 g/mol. The van der Waals surface area contributed by atoms with Crippen molar-refractivity contribution in [2.24, 2.45) is 0 Å². The highest BCUT2D eigenvalue weighted by Gasteiger charge is 2.07. The second-order valence-corrected chi connectivity index (χ2v) is 3.55. The van der Waals surface area contributed by atoms with Crippen molar-refractivity contribution < 1.29 is 4.79 Å². The highest BCUT2D eigenvalue weighted by Crippen LogP contribution is 1.96. The standard InChI is InChI=1S/C10H19N5O/c1-3-14(8-10(16)12-2)6-7-15-5-4-9(11)13-15/h4-5H,3,6-8H2,1-2H3,(H2,11,13)(H,12,16). The zero-order valence-corrected chi connectivity index (χ0v) is 9.81. The number of nitrogens with one attached hydrogen (secondary N) is 1. The summed E-state index contributed by atoms with van der Waals surface area (Å²) in [7, 11) is 1.64. The molecule has 6 heteroatoms. The Hall–Kier alpha value is -1.56. The monoisotopic (exact) mass is 225 g/mol. The molecule has 0 aliphatic heterocycles. The van der Waals surface area contributed by atoms with Crippen LogP contribution in [-0.4, -0.2) is 47.3 Å². The molecular formula is C10H19N5O. The Kier molecular flexibility index (Phi) is 4.78. The molecule has 1 rings (SSSR count). The van der Waals surface area contributed by atoms with E-state index in [-0.39, 0.29) is 5.91 Å². The quantitative estimate of drug-likeness (QED) is 0.686. The van der Waals surface area contributed by atoms with Crippen LogP contribution in [0.2, 0.25) is 0 Å². The van der Waals surface area contributed by atoms with Crippen LogP contribution in [0.1, 0.15) is 6.92 Å². The molecule has 16 heavy (non-hydrogen) atoms. The molecule has 0 saturated heterocycles. The molecule has 1 aromatic rings. The van der Waals surface area contributed by atoms with Crippen LogP contribution in [0.15, 0.2) is 12.3 Å². The molecule has 0 aromatic carbocycles. The maximum absolute atomic E-state index is 11.2. The summed E-state index contributed by atoms with van der Waals surface area (Å²) in [5.74, 6) is 0.552. The Morgan fingerprint density at radius 2 is 2.44 bits per heavy atom. The fourth-order valence-corrected chi connectivity index (χ4v) is 1.38. The summed E-state index contributed by atoms with van der Waals surface area (Å²) in [6, 6.07) is 1.76. The number of nitrogen functional groups attached to an aromatic ring is 1. The Morgan fingerprint density at radius 3 is 2.94 bits per heavy atom. The van der Waals surface area contributed by atoms with Gasteiger partial charge in [-0.3, -0.25) is 14.4 Å². The molecule has 0 spiro atoms. The number of hydrogen-bond donors (Lipinski definition) is 2. The van der Waals surface area contributed by atoms with Gasteiger partial charge < -0.3 is 11.1 Å². The number of likely N-dealkylation sites (N-methyl/N-ethyl adjacent to an activating group) is 2. The van der Waals surface area contributed by atoms with E-state index in [0.717, 1.165) is 19.6 Å². The number of carbonyl (C=O) groups is 1. The lowest BCUT2D eigenvalue weighted by molar-refractivity contribution is -0.121. The highest BCUT2D eigenvalue weighted by atomic mass is 16.1. The van der Waals surface area contributed by atoms with Gasteiger partial charge in [0.05, 0.1) is 13.1 Å². The second-order valence-electron chi connectivity index (χ2n) is 3.55. The summed E-state index contributed by atoms with van der Waals surface area (Å²) in [6.45, 7) is 4.81. The van der Waals surface area contributed by atoms with Crippen LogP contribution in [0.25, 0.3) is 0 Å². The molecular weight excluding hydrogens is 206 g/mol. The summed E-state index contributed by atoms with van der Waals surface area (Å²) < 4.78 is 1.78. The van der Waals surface area contributed by atoms with Crippen molar-refractivity contribution in [2.45, 2.75) is 13.5 Å². The molecule has 0 bridgehead atoms. The van der Waals surface area contributed by atoms with E-state index < -0.39 is 0 Å². The van der Waals surface area contributed by atoms with Crippen LogP contribution >= 0.6 is 0 Å². The fraction of sp³-hybridized carbons (Fsp3) is 0.600. The molecule has 0 radical (unpaired) electrons. The second kappa shape index (κ2) is 6.12. The van der Waals surface area contributed by atoms with Crippen LogP contribution < -0.4 is 11.1 Å². The number of anilines is 1. The van der Waals surface area contributed by atoms with Gasteiger partial charge in [-0.2, -0.15) is 5.10 Å². The third-order valence-corrected chi connectivity index (χ3v) is 2.40. The van der Waals surface area contributed by atoms with Crippen molar-refractivity contribution in [1.82, 2.24) is 20.0 Å². The van der Waals surface area contributed by atoms with Gasteiger partial charge in [0.15, 0.2) is 0 Å². The third-order valence-electron chi connectivity index (χ3n) is 2.40. The van der Waals surface area contributed by atoms with Gasteiger partial charge in [-0.05, 0) is 12.6 Å². The van der Waals surface area contributed by atoms with Crippen LogP contribution in [0.3, 0.4) is 0 Å². The molecule has 0 saturated carbocycles. The van der Waals surface area contributed by atoms with Crippen molar-refractivity contribution in [2.75, 3.05) is 32.4 Å². The molecule has 0 fully saturated rings. The van der Waals surface area contributed by atoms with E-state index in [1.165, 1.54) is 0 Å². The molecule has 1 amide bonds. The molecule has 0 unspecified atom stereocenters. The fourth-order valence-electron chi connectivity index (χ4n) is 1.38. The number of hydrogen-bond acceptors (Lipinski definition) is 4. The smallest absolute Gasteiger partial charge is 0.233 e. The SMILES string of the molecule is CCN(CCn1ccc(N)n1)CC(=O)NC. The first kappa shape index (κ1) is 12.5. The van der Waals surface area contributed by atoms with Gasteiger partial charge in [0, 0.05) is 19.8 Å². The third kappa shape index (κ3) is 3.90. The van der Waals surface area contributed by atoms with Crippen molar-refractivity contribution in [3.63, 3.8) is 0 Å². The Bertz CT molecular complexity index is 336. The molecule has 6 nitrogen and oxygen atoms in total. The number of aromatic nitrogens is 2. The topological polar surface area (TPSA) is 76.2 Å². The maximum atomic E-state index is 11.2. The van der Waals surface area contributed by atoms with Gasteiger partial charge in [-0.1, -0.05) is 6.92 Å². The van der Waals surface area contributed by atoms with E-state index >= 15 is 0 Å². The minimum absolute atomic E-state index is 0.0295. The van der Waals surface area contributed by atoms with E-state index in [0.29, 0.717) is 12.4 Å². The number of carbonyl (C=O) groups excluding carboxylic acids is 1. The van der Waals surface area contributed by atoms with Gasteiger partial charge in [0.1, 0.15) is 5.82 Å². The van der Waals surface area contributed by atoms with E-state index in [1.807, 2.05) is 13.1 Å². The molecule has 90 valence electrons. The Balaban J connectivity index is 2.36. The van der Waals surface area contributed by atoms with Crippen molar-refractivity contribution in [3.8, 4) is 0 Å². The zero-order chi connectivity index (χ0) is 12.0. The minimum Gasteiger partial charge on any atom is -0.382 e. The lowest BCUT2D eigenvalue weighted by Gasteiger charge is -2.18. The predicted octanol–water partition coefficient (Wildman–Crippen LogP) is -0.467. The largest absolute Gasteiger partial charge is 0.382 e. The van der Waals surface area contributed by atoms with Crippen molar-refractivity contribution >= 4 is 11.7 Å². The number of rotatable bonds is 6.